The predicted molar refractivity (Wildman–Crippen MR) is 102 cm³/mol. The van der Waals surface area contributed by atoms with Crippen molar-refractivity contribution in [1.29, 1.82) is 0 Å². The second-order valence-electron chi connectivity index (χ2n) is 7.38. The Labute approximate surface area is 159 Å². The van der Waals surface area contributed by atoms with E-state index in [-0.39, 0.29) is 5.43 Å². The summed E-state index contributed by atoms with van der Waals surface area (Å²) in [5.41, 5.74) is 4.49. The van der Waals surface area contributed by atoms with Crippen LogP contribution in [0.4, 0.5) is 0 Å². The highest BCUT2D eigenvalue weighted by molar-refractivity contribution is 5.86. The van der Waals surface area contributed by atoms with Crippen LogP contribution in [0.15, 0.2) is 57.9 Å². The smallest absolute Gasteiger partial charge is 0.202 e. The van der Waals surface area contributed by atoms with E-state index in [1.54, 1.807) is 11.4 Å². The largest absolute Gasteiger partial charge is 0.544 e. The third kappa shape index (κ3) is 2.46. The summed E-state index contributed by atoms with van der Waals surface area (Å²) in [5.74, 6) is -1.14. The topological polar surface area (TPSA) is 103 Å². The molecule has 0 aliphatic carbocycles. The molecule has 0 spiro atoms. The number of nitrogens with two attached hydrogens (primary N) is 1. The normalized spacial score (nSPS) is 19.0. The van der Waals surface area contributed by atoms with E-state index in [0.29, 0.717) is 23.0 Å². The first-order chi connectivity index (χ1) is 13.5. The van der Waals surface area contributed by atoms with Gasteiger partial charge in [-0.1, -0.05) is 24.3 Å². The van der Waals surface area contributed by atoms with Gasteiger partial charge < -0.3 is 24.6 Å². The molecule has 0 saturated carbocycles. The third-order valence-corrected chi connectivity index (χ3v) is 5.60. The SMILES string of the molecule is Cc1ccc2c(=O)c([C@@H]3[NH2+][C@H](C(=O)[O-])Cc4c3[nH]c3ccccc43)coc2c1. The van der Waals surface area contributed by atoms with Crippen LogP contribution in [-0.4, -0.2) is 17.0 Å². The van der Waals surface area contributed by atoms with E-state index in [1.807, 2.05) is 43.3 Å². The lowest BCUT2D eigenvalue weighted by Crippen LogP contribution is -2.96. The first kappa shape index (κ1) is 16.8. The Bertz CT molecular complexity index is 1300. The number of nitrogens with one attached hydrogen (secondary N) is 1. The number of aliphatic carboxylic acids is 1. The molecule has 6 heteroatoms. The van der Waals surface area contributed by atoms with Gasteiger partial charge in [0, 0.05) is 17.3 Å². The molecule has 140 valence electrons. The monoisotopic (exact) mass is 374 g/mol. The number of rotatable bonds is 2. The molecule has 2 aromatic carbocycles. The van der Waals surface area contributed by atoms with Crippen LogP contribution in [0.5, 0.6) is 0 Å². The van der Waals surface area contributed by atoms with Gasteiger partial charge in [0.1, 0.15) is 17.9 Å². The van der Waals surface area contributed by atoms with Crippen LogP contribution in [0.2, 0.25) is 0 Å². The second-order valence-corrected chi connectivity index (χ2v) is 7.38. The van der Waals surface area contributed by atoms with E-state index >= 15 is 0 Å². The number of carbonyl (C=O) groups is 1. The number of carboxylic acid groups (broad SMARTS) is 1. The summed E-state index contributed by atoms with van der Waals surface area (Å²) in [7, 11) is 0. The Balaban J connectivity index is 1.75. The highest BCUT2D eigenvalue weighted by atomic mass is 16.4. The van der Waals surface area contributed by atoms with E-state index in [2.05, 4.69) is 4.98 Å². The number of H-pyrrole nitrogens is 1. The lowest BCUT2D eigenvalue weighted by molar-refractivity contribution is -0.717. The minimum absolute atomic E-state index is 0.147. The van der Waals surface area contributed by atoms with Crippen LogP contribution in [0.3, 0.4) is 0 Å². The van der Waals surface area contributed by atoms with Gasteiger partial charge in [0.25, 0.3) is 0 Å². The Hall–Kier alpha value is -3.38. The number of benzene rings is 2. The van der Waals surface area contributed by atoms with Crippen molar-refractivity contribution >= 4 is 27.8 Å². The maximum Gasteiger partial charge on any atom is 0.202 e. The van der Waals surface area contributed by atoms with E-state index in [4.69, 9.17) is 4.42 Å². The quantitative estimate of drug-likeness (QED) is 0.544. The number of carboxylic acids is 1. The average Bonchev–Trinajstić information content (AvgIpc) is 3.06. The molecule has 0 fully saturated rings. The number of aromatic nitrogens is 1. The average molecular weight is 374 g/mol. The number of quaternary nitrogens is 1. The molecule has 1 aliphatic heterocycles. The van der Waals surface area contributed by atoms with E-state index < -0.39 is 18.1 Å². The van der Waals surface area contributed by atoms with Crippen LogP contribution < -0.4 is 15.9 Å². The van der Waals surface area contributed by atoms with Crippen molar-refractivity contribution in [2.45, 2.75) is 25.4 Å². The molecule has 0 bridgehead atoms. The number of fused-ring (bicyclic) bond motifs is 4. The van der Waals surface area contributed by atoms with Crippen molar-refractivity contribution in [3.63, 3.8) is 0 Å². The zero-order valence-electron chi connectivity index (χ0n) is 15.2. The molecule has 3 N–H and O–H groups in total. The molecule has 2 aromatic heterocycles. The maximum absolute atomic E-state index is 13.2. The molecule has 28 heavy (non-hydrogen) atoms. The fourth-order valence-corrected chi connectivity index (χ4v) is 4.21. The second kappa shape index (κ2) is 6.07. The van der Waals surface area contributed by atoms with Gasteiger partial charge >= 0.3 is 0 Å². The highest BCUT2D eigenvalue weighted by Gasteiger charge is 2.36. The summed E-state index contributed by atoms with van der Waals surface area (Å²) in [6, 6.07) is 11.9. The lowest BCUT2D eigenvalue weighted by Gasteiger charge is -2.28. The van der Waals surface area contributed by atoms with Gasteiger partial charge in [-0.2, -0.15) is 0 Å². The number of para-hydroxylation sites is 1. The van der Waals surface area contributed by atoms with Crippen LogP contribution in [0, 0.1) is 6.92 Å². The molecule has 4 aromatic rings. The van der Waals surface area contributed by atoms with Crippen molar-refractivity contribution in [1.82, 2.24) is 4.98 Å². The van der Waals surface area contributed by atoms with E-state index in [0.717, 1.165) is 27.7 Å². The van der Waals surface area contributed by atoms with Crippen molar-refractivity contribution in [2.75, 3.05) is 0 Å². The van der Waals surface area contributed by atoms with Crippen LogP contribution in [0.1, 0.15) is 28.4 Å². The van der Waals surface area contributed by atoms with Gasteiger partial charge in [0.2, 0.25) is 5.43 Å². The summed E-state index contributed by atoms with van der Waals surface area (Å²) in [6.07, 6.45) is 1.80. The summed E-state index contributed by atoms with van der Waals surface area (Å²) >= 11 is 0. The molecule has 1 aliphatic rings. The molecule has 0 amide bonds. The zero-order chi connectivity index (χ0) is 19.4. The minimum atomic E-state index is -1.14. The van der Waals surface area contributed by atoms with Crippen LogP contribution in [-0.2, 0) is 11.2 Å². The molecule has 2 atom stereocenters. The van der Waals surface area contributed by atoms with Gasteiger partial charge in [-0.05, 0) is 36.2 Å². The number of hydrogen-bond donors (Lipinski definition) is 2. The standard InChI is InChI=1S/C22H18N2O4/c1-11-6-7-13-18(8-11)28-10-15(21(13)25)20-19-14(9-17(24-20)22(26)27)12-4-2-3-5-16(12)23-19/h2-8,10,17,20,23-24H,9H2,1H3,(H,26,27)/t17-,20-/m0/s1. The molecule has 5 rings (SSSR count). The Morgan fingerprint density at radius 3 is 2.86 bits per heavy atom. The summed E-state index contributed by atoms with van der Waals surface area (Å²) in [6.45, 7) is 1.93. The van der Waals surface area contributed by atoms with Crippen molar-refractivity contribution in [3.05, 3.63) is 81.3 Å². The van der Waals surface area contributed by atoms with Gasteiger partial charge in [-0.25, -0.2) is 0 Å². The maximum atomic E-state index is 13.2. The molecular weight excluding hydrogens is 356 g/mol. The van der Waals surface area contributed by atoms with Crippen molar-refractivity contribution in [3.8, 4) is 0 Å². The molecule has 0 radical (unpaired) electrons. The van der Waals surface area contributed by atoms with Gasteiger partial charge in [-0.15, -0.1) is 0 Å². The van der Waals surface area contributed by atoms with Crippen molar-refractivity contribution < 1.29 is 19.6 Å². The molecular formula is C22H18N2O4. The fraction of sp³-hybridized carbons (Fsp3) is 0.182. The van der Waals surface area contributed by atoms with Gasteiger partial charge in [0.05, 0.1) is 22.6 Å². The Morgan fingerprint density at radius 2 is 2.04 bits per heavy atom. The van der Waals surface area contributed by atoms with Gasteiger partial charge in [0.15, 0.2) is 6.04 Å². The summed E-state index contributed by atoms with van der Waals surface area (Å²) < 4.78 is 5.75. The first-order valence-corrected chi connectivity index (χ1v) is 9.20. The van der Waals surface area contributed by atoms with E-state index in [9.17, 15) is 14.7 Å². The summed E-state index contributed by atoms with van der Waals surface area (Å²) in [4.78, 5) is 28.2. The summed E-state index contributed by atoms with van der Waals surface area (Å²) in [5, 5.41) is 14.8. The minimum Gasteiger partial charge on any atom is -0.544 e. The Kier molecular flexibility index (Phi) is 3.64. The lowest BCUT2D eigenvalue weighted by atomic mass is 9.90. The Morgan fingerprint density at radius 1 is 1.21 bits per heavy atom. The fourth-order valence-electron chi connectivity index (χ4n) is 4.21. The number of hydrogen-bond acceptors (Lipinski definition) is 4. The van der Waals surface area contributed by atoms with Crippen molar-refractivity contribution in [2.24, 2.45) is 0 Å². The number of aromatic amines is 1. The predicted octanol–water partition coefficient (Wildman–Crippen LogP) is 0.910. The molecule has 0 unspecified atom stereocenters. The first-order valence-electron chi connectivity index (χ1n) is 9.20. The van der Waals surface area contributed by atoms with Crippen LogP contribution in [0.25, 0.3) is 21.9 Å². The number of carbonyl (C=O) groups excluding carboxylic acids is 1. The highest BCUT2D eigenvalue weighted by Crippen LogP contribution is 2.31. The number of aryl methyl sites for hydroxylation is 1. The molecule has 6 nitrogen and oxygen atoms in total. The van der Waals surface area contributed by atoms with Crippen LogP contribution >= 0.6 is 0 Å². The van der Waals surface area contributed by atoms with E-state index in [1.165, 1.54) is 6.26 Å². The molecule has 3 heterocycles. The molecule has 0 saturated heterocycles. The third-order valence-electron chi connectivity index (χ3n) is 5.60. The zero-order valence-corrected chi connectivity index (χ0v) is 15.2. The van der Waals surface area contributed by atoms with Gasteiger partial charge in [-0.3, -0.25) is 4.79 Å².